The molecule has 0 radical (unpaired) electrons. The van der Waals surface area contributed by atoms with E-state index in [1.807, 2.05) is 53.4 Å². The van der Waals surface area contributed by atoms with E-state index >= 15 is 0 Å². The molecule has 0 N–H and O–H groups in total. The Balaban J connectivity index is 1.75. The number of fused-ring (bicyclic) bond motifs is 2. The molecule has 0 aromatic heterocycles. The van der Waals surface area contributed by atoms with E-state index < -0.39 is 12.0 Å². The summed E-state index contributed by atoms with van der Waals surface area (Å²) in [6.07, 6.45) is 3.03. The highest BCUT2D eigenvalue weighted by atomic mass is 16.5. The molecule has 0 bridgehead atoms. The van der Waals surface area contributed by atoms with E-state index in [9.17, 15) is 9.59 Å². The number of Topliss-reactive ketones (excluding diaryl/α,β-unsaturated/α-hetero) is 1. The number of aliphatic imine (C=N–C) groups is 1. The first-order chi connectivity index (χ1) is 14.9. The normalized spacial score (nSPS) is 24.5. The largest absolute Gasteiger partial charge is 0.497 e. The summed E-state index contributed by atoms with van der Waals surface area (Å²) in [5.74, 6) is 0.544. The van der Waals surface area contributed by atoms with Crippen LogP contribution in [0.15, 0.2) is 53.5 Å². The number of amides is 1. The average molecular weight is 417 g/mol. The van der Waals surface area contributed by atoms with Crippen LogP contribution in [0.2, 0.25) is 0 Å². The Labute approximate surface area is 183 Å². The molecule has 1 unspecified atom stereocenters. The average Bonchev–Trinajstić information content (AvgIpc) is 3.58. The predicted octanol–water partition coefficient (Wildman–Crippen LogP) is 5.27. The fraction of sp³-hybridized carbons (Fsp3) is 0.423. The van der Waals surface area contributed by atoms with Gasteiger partial charge >= 0.3 is 0 Å². The van der Waals surface area contributed by atoms with Gasteiger partial charge in [0.1, 0.15) is 11.5 Å². The van der Waals surface area contributed by atoms with Crippen LogP contribution in [0.3, 0.4) is 0 Å². The zero-order chi connectivity index (χ0) is 21.8. The number of carbonyl (C=O) groups excluding carboxylic acids is 2. The first-order valence-electron chi connectivity index (χ1n) is 11.0. The summed E-state index contributed by atoms with van der Waals surface area (Å²) in [4.78, 5) is 34.1. The van der Waals surface area contributed by atoms with Crippen molar-refractivity contribution in [2.24, 2.45) is 22.2 Å². The number of methoxy groups -OCH3 is 1. The van der Waals surface area contributed by atoms with E-state index in [-0.39, 0.29) is 23.0 Å². The molecule has 3 aliphatic rings. The maximum absolute atomic E-state index is 13.7. The lowest BCUT2D eigenvalue weighted by Gasteiger charge is -2.41. The van der Waals surface area contributed by atoms with E-state index in [4.69, 9.17) is 9.73 Å². The van der Waals surface area contributed by atoms with Crippen LogP contribution in [0.4, 0.5) is 11.4 Å². The highest BCUT2D eigenvalue weighted by Gasteiger charge is 2.49. The van der Waals surface area contributed by atoms with Gasteiger partial charge in [0, 0.05) is 18.1 Å². The molecule has 2 aromatic rings. The minimum Gasteiger partial charge on any atom is -0.497 e. The zero-order valence-corrected chi connectivity index (χ0v) is 18.3. The number of benzene rings is 2. The second-order valence-corrected chi connectivity index (χ2v) is 9.76. The number of nitrogens with zero attached hydrogens (tertiary/aromatic N) is 2. The summed E-state index contributed by atoms with van der Waals surface area (Å²) < 4.78 is 5.48. The van der Waals surface area contributed by atoms with Crippen LogP contribution in [-0.2, 0) is 9.59 Å². The van der Waals surface area contributed by atoms with Crippen molar-refractivity contribution in [2.75, 3.05) is 12.0 Å². The molecule has 2 atom stereocenters. The summed E-state index contributed by atoms with van der Waals surface area (Å²) in [6, 6.07) is 15.1. The van der Waals surface area contributed by atoms with Gasteiger partial charge in [0.05, 0.1) is 30.4 Å². The molecule has 5 rings (SSSR count). The van der Waals surface area contributed by atoms with Crippen LogP contribution >= 0.6 is 0 Å². The van der Waals surface area contributed by atoms with E-state index in [0.29, 0.717) is 6.42 Å². The third kappa shape index (κ3) is 3.56. The van der Waals surface area contributed by atoms with Crippen LogP contribution in [0.25, 0.3) is 0 Å². The van der Waals surface area contributed by atoms with Gasteiger partial charge in [-0.3, -0.25) is 14.6 Å². The van der Waals surface area contributed by atoms with Crippen LogP contribution in [0.5, 0.6) is 5.75 Å². The van der Waals surface area contributed by atoms with Crippen LogP contribution < -0.4 is 9.64 Å². The number of hydrogen-bond donors (Lipinski definition) is 0. The molecule has 5 nitrogen and oxygen atoms in total. The molecule has 5 heteroatoms. The summed E-state index contributed by atoms with van der Waals surface area (Å²) in [5.41, 5.74) is 3.21. The van der Waals surface area contributed by atoms with Crippen molar-refractivity contribution in [1.29, 1.82) is 0 Å². The Hall–Kier alpha value is -2.95. The molecule has 2 fully saturated rings. The fourth-order valence-electron chi connectivity index (χ4n) is 5.06. The number of para-hydroxylation sites is 2. The van der Waals surface area contributed by atoms with E-state index in [2.05, 4.69) is 13.8 Å². The highest BCUT2D eigenvalue weighted by molar-refractivity contribution is 6.13. The Bertz CT molecular complexity index is 1080. The second kappa shape index (κ2) is 7.33. The van der Waals surface area contributed by atoms with Crippen molar-refractivity contribution in [2.45, 2.75) is 45.6 Å². The Morgan fingerprint density at radius 1 is 1.10 bits per heavy atom. The van der Waals surface area contributed by atoms with E-state index in [1.54, 1.807) is 7.11 Å². The number of rotatable bonds is 3. The maximum Gasteiger partial charge on any atom is 0.230 e. The summed E-state index contributed by atoms with van der Waals surface area (Å²) in [7, 11) is 1.63. The molecule has 0 spiro atoms. The van der Waals surface area contributed by atoms with Crippen molar-refractivity contribution in [1.82, 2.24) is 0 Å². The van der Waals surface area contributed by atoms with Gasteiger partial charge in [-0.1, -0.05) is 38.1 Å². The SMILES string of the molecule is COc1cccc([C@H]2C3C(=O)CC(C)(C)CC3=Nc3ccccc3N2C(=O)C2CC2)c1. The topological polar surface area (TPSA) is 59.0 Å². The minimum absolute atomic E-state index is 0.0258. The standard InChI is InChI=1S/C26H28N2O3/c1-26(2)14-20-23(22(29)15-26)24(17-7-6-8-18(13-17)31-3)28(25(30)16-11-12-16)21-10-5-4-9-19(21)27-20/h4-10,13,16,23-24H,11-12,14-15H2,1-3H3/t23?,24-/m0/s1. The van der Waals surface area contributed by atoms with Crippen LogP contribution in [0.1, 0.15) is 51.1 Å². The smallest absolute Gasteiger partial charge is 0.230 e. The van der Waals surface area contributed by atoms with Gasteiger partial charge in [-0.15, -0.1) is 0 Å². The Morgan fingerprint density at radius 2 is 1.87 bits per heavy atom. The van der Waals surface area contributed by atoms with E-state index in [1.165, 1.54) is 0 Å². The fourth-order valence-corrected chi connectivity index (χ4v) is 5.06. The molecule has 1 amide bonds. The van der Waals surface area contributed by atoms with E-state index in [0.717, 1.165) is 47.7 Å². The molecule has 0 saturated heterocycles. The van der Waals surface area contributed by atoms with Crippen LogP contribution in [-0.4, -0.2) is 24.5 Å². The molecule has 1 heterocycles. The van der Waals surface area contributed by atoms with Gasteiger partial charge < -0.3 is 9.64 Å². The lowest BCUT2D eigenvalue weighted by atomic mass is 9.68. The molecule has 2 aromatic carbocycles. The Kier molecular flexibility index (Phi) is 4.72. The zero-order valence-electron chi connectivity index (χ0n) is 18.3. The highest BCUT2D eigenvalue weighted by Crippen LogP contribution is 2.50. The molecule has 2 aliphatic carbocycles. The maximum atomic E-state index is 13.7. The van der Waals surface area contributed by atoms with Crippen molar-refractivity contribution in [3.8, 4) is 5.75 Å². The predicted molar refractivity (Wildman–Crippen MR) is 121 cm³/mol. The van der Waals surface area contributed by atoms with Crippen LogP contribution in [0, 0.1) is 17.3 Å². The van der Waals surface area contributed by atoms with Gasteiger partial charge in [-0.05, 0) is 54.5 Å². The summed E-state index contributed by atoms with van der Waals surface area (Å²) in [5, 5.41) is 0. The summed E-state index contributed by atoms with van der Waals surface area (Å²) >= 11 is 0. The molecule has 1 aliphatic heterocycles. The monoisotopic (exact) mass is 416 g/mol. The van der Waals surface area contributed by atoms with Crippen molar-refractivity contribution in [3.63, 3.8) is 0 Å². The number of ketones is 1. The lowest BCUT2D eigenvalue weighted by molar-refractivity contribution is -0.125. The van der Waals surface area contributed by atoms with Gasteiger partial charge in [0.15, 0.2) is 0 Å². The van der Waals surface area contributed by atoms with Gasteiger partial charge in [0.25, 0.3) is 0 Å². The number of hydrogen-bond acceptors (Lipinski definition) is 4. The minimum atomic E-state index is -0.449. The van der Waals surface area contributed by atoms with Gasteiger partial charge in [-0.2, -0.15) is 0 Å². The van der Waals surface area contributed by atoms with Crippen molar-refractivity contribution >= 4 is 28.8 Å². The summed E-state index contributed by atoms with van der Waals surface area (Å²) in [6.45, 7) is 4.24. The molecular formula is C26H28N2O3. The Morgan fingerprint density at radius 3 is 2.61 bits per heavy atom. The first kappa shape index (κ1) is 20.0. The quantitative estimate of drug-likeness (QED) is 0.685. The third-order valence-electron chi connectivity index (χ3n) is 6.62. The molecular weight excluding hydrogens is 388 g/mol. The van der Waals surface area contributed by atoms with Crippen molar-refractivity contribution in [3.05, 3.63) is 54.1 Å². The second-order valence-electron chi connectivity index (χ2n) is 9.76. The molecule has 160 valence electrons. The van der Waals surface area contributed by atoms with Crippen molar-refractivity contribution < 1.29 is 14.3 Å². The number of anilines is 1. The first-order valence-corrected chi connectivity index (χ1v) is 11.0. The van der Waals surface area contributed by atoms with Gasteiger partial charge in [0.2, 0.25) is 5.91 Å². The number of ether oxygens (including phenoxy) is 1. The lowest BCUT2D eigenvalue weighted by Crippen LogP contribution is -2.47. The third-order valence-corrected chi connectivity index (χ3v) is 6.62. The number of carbonyl (C=O) groups is 2. The molecule has 31 heavy (non-hydrogen) atoms. The van der Waals surface area contributed by atoms with Gasteiger partial charge in [-0.25, -0.2) is 0 Å². The molecule has 2 saturated carbocycles.